The minimum atomic E-state index is -0.294. The second-order valence-electron chi connectivity index (χ2n) is 9.22. The average molecular weight is 439 g/mol. The van der Waals surface area contributed by atoms with Crippen LogP contribution in [0.4, 0.5) is 10.2 Å². The number of benzene rings is 1. The summed E-state index contributed by atoms with van der Waals surface area (Å²) in [6.07, 6.45) is 5.40. The molecule has 2 saturated heterocycles. The first kappa shape index (κ1) is 21.5. The van der Waals surface area contributed by atoms with Gasteiger partial charge in [0.15, 0.2) is 0 Å². The van der Waals surface area contributed by atoms with Gasteiger partial charge in [-0.2, -0.15) is 0 Å². The summed E-state index contributed by atoms with van der Waals surface area (Å²) >= 11 is 0. The van der Waals surface area contributed by atoms with E-state index in [1.165, 1.54) is 6.07 Å². The van der Waals surface area contributed by atoms with Gasteiger partial charge in [-0.1, -0.05) is 18.2 Å². The van der Waals surface area contributed by atoms with Gasteiger partial charge in [-0.05, 0) is 51.6 Å². The van der Waals surface area contributed by atoms with Crippen LogP contribution in [0, 0.1) is 12.7 Å². The monoisotopic (exact) mass is 438 g/mol. The van der Waals surface area contributed by atoms with E-state index in [-0.39, 0.29) is 24.2 Å². The SMILES string of the molecule is Cc1nc([C@H]2CCCN(C3CCOCC3)C2)nc2c1CCC(=O)N2Cc1ccccc1F. The van der Waals surface area contributed by atoms with E-state index in [0.717, 1.165) is 69.1 Å². The number of rotatable bonds is 4. The number of piperidine rings is 1. The Labute approximate surface area is 188 Å². The molecule has 2 fully saturated rings. The molecule has 170 valence electrons. The normalized spacial score (nSPS) is 22.8. The molecule has 0 aliphatic carbocycles. The number of aromatic nitrogens is 2. The molecule has 0 spiro atoms. The zero-order chi connectivity index (χ0) is 22.1. The first-order valence-corrected chi connectivity index (χ1v) is 11.8. The van der Waals surface area contributed by atoms with Crippen LogP contribution in [0.5, 0.6) is 0 Å². The van der Waals surface area contributed by atoms with Crippen molar-refractivity contribution >= 4 is 11.7 Å². The first-order chi connectivity index (χ1) is 15.6. The topological polar surface area (TPSA) is 58.6 Å². The van der Waals surface area contributed by atoms with E-state index in [4.69, 9.17) is 14.7 Å². The van der Waals surface area contributed by atoms with Crippen LogP contribution in [-0.2, 0) is 22.5 Å². The predicted octanol–water partition coefficient (Wildman–Crippen LogP) is 3.76. The average Bonchev–Trinajstić information content (AvgIpc) is 2.82. The van der Waals surface area contributed by atoms with E-state index in [1.54, 1.807) is 23.1 Å². The lowest BCUT2D eigenvalue weighted by Gasteiger charge is -2.39. The number of ether oxygens (including phenoxy) is 1. The molecule has 4 heterocycles. The van der Waals surface area contributed by atoms with Crippen molar-refractivity contribution in [2.45, 2.75) is 64.0 Å². The summed E-state index contributed by atoms with van der Waals surface area (Å²) in [6, 6.07) is 7.22. The molecule has 5 rings (SSSR count). The Morgan fingerprint density at radius 3 is 2.75 bits per heavy atom. The second kappa shape index (κ2) is 9.24. The Bertz CT molecular complexity index is 992. The maximum absolute atomic E-state index is 14.3. The molecular weight excluding hydrogens is 407 g/mol. The van der Waals surface area contributed by atoms with E-state index in [2.05, 4.69) is 4.90 Å². The van der Waals surface area contributed by atoms with E-state index in [9.17, 15) is 9.18 Å². The van der Waals surface area contributed by atoms with Gasteiger partial charge in [0.1, 0.15) is 17.5 Å². The Hall–Kier alpha value is -2.38. The number of hydrogen-bond acceptors (Lipinski definition) is 5. The van der Waals surface area contributed by atoms with Crippen LogP contribution in [0.3, 0.4) is 0 Å². The molecule has 32 heavy (non-hydrogen) atoms. The van der Waals surface area contributed by atoms with E-state index >= 15 is 0 Å². The minimum Gasteiger partial charge on any atom is -0.381 e. The third kappa shape index (κ3) is 4.28. The van der Waals surface area contributed by atoms with E-state index in [0.29, 0.717) is 30.3 Å². The van der Waals surface area contributed by atoms with Gasteiger partial charge in [-0.15, -0.1) is 0 Å². The number of aryl methyl sites for hydroxylation is 1. The molecule has 3 aliphatic heterocycles. The number of fused-ring (bicyclic) bond motifs is 1. The number of nitrogens with zero attached hydrogens (tertiary/aromatic N) is 4. The molecule has 1 aromatic heterocycles. The molecule has 0 N–H and O–H groups in total. The largest absolute Gasteiger partial charge is 0.381 e. The molecule has 1 atom stereocenters. The molecule has 7 heteroatoms. The van der Waals surface area contributed by atoms with Gasteiger partial charge < -0.3 is 4.74 Å². The van der Waals surface area contributed by atoms with Crippen LogP contribution < -0.4 is 4.90 Å². The highest BCUT2D eigenvalue weighted by molar-refractivity contribution is 5.95. The van der Waals surface area contributed by atoms with Crippen LogP contribution in [0.1, 0.15) is 60.7 Å². The van der Waals surface area contributed by atoms with Gasteiger partial charge in [0.05, 0.1) is 6.54 Å². The summed E-state index contributed by atoms with van der Waals surface area (Å²) < 4.78 is 19.9. The Balaban J connectivity index is 1.43. The maximum Gasteiger partial charge on any atom is 0.228 e. The van der Waals surface area contributed by atoms with Crippen molar-refractivity contribution in [2.24, 2.45) is 0 Å². The van der Waals surface area contributed by atoms with Crippen molar-refractivity contribution < 1.29 is 13.9 Å². The maximum atomic E-state index is 14.3. The molecule has 3 aliphatic rings. The van der Waals surface area contributed by atoms with Crippen molar-refractivity contribution in [3.63, 3.8) is 0 Å². The van der Waals surface area contributed by atoms with Crippen molar-refractivity contribution in [1.29, 1.82) is 0 Å². The van der Waals surface area contributed by atoms with Gasteiger partial charge >= 0.3 is 0 Å². The zero-order valence-corrected chi connectivity index (χ0v) is 18.7. The molecule has 2 aromatic rings. The summed E-state index contributed by atoms with van der Waals surface area (Å²) in [5.74, 6) is 1.46. The number of hydrogen-bond donors (Lipinski definition) is 0. The van der Waals surface area contributed by atoms with Crippen molar-refractivity contribution in [1.82, 2.24) is 14.9 Å². The minimum absolute atomic E-state index is 0.00252. The van der Waals surface area contributed by atoms with Gasteiger partial charge in [0.25, 0.3) is 0 Å². The summed E-state index contributed by atoms with van der Waals surface area (Å²) in [5, 5.41) is 0. The number of anilines is 1. The highest BCUT2D eigenvalue weighted by atomic mass is 19.1. The van der Waals surface area contributed by atoms with Crippen molar-refractivity contribution in [2.75, 3.05) is 31.2 Å². The number of carbonyl (C=O) groups excluding carboxylic acids is 1. The quantitative estimate of drug-likeness (QED) is 0.728. The molecule has 0 saturated carbocycles. The third-order valence-corrected chi connectivity index (χ3v) is 7.17. The van der Waals surface area contributed by atoms with Crippen LogP contribution in [0.15, 0.2) is 24.3 Å². The zero-order valence-electron chi connectivity index (χ0n) is 18.7. The lowest BCUT2D eigenvalue weighted by molar-refractivity contribution is -0.119. The molecule has 0 unspecified atom stereocenters. The third-order valence-electron chi connectivity index (χ3n) is 7.17. The van der Waals surface area contributed by atoms with Gasteiger partial charge in [-0.3, -0.25) is 14.6 Å². The number of amides is 1. The standard InChI is InChI=1S/C25H31FN4O2/c1-17-21-8-9-23(31)30(16-18-5-2-3-7-22(18)26)25(21)28-24(27-17)19-6-4-12-29(15-19)20-10-13-32-14-11-20/h2-3,5,7,19-20H,4,6,8-16H2,1H3/t19-/m0/s1. The van der Waals surface area contributed by atoms with Crippen LogP contribution in [-0.4, -0.2) is 53.1 Å². The first-order valence-electron chi connectivity index (χ1n) is 11.8. The van der Waals surface area contributed by atoms with Crippen LogP contribution in [0.2, 0.25) is 0 Å². The molecular formula is C25H31FN4O2. The summed E-state index contributed by atoms with van der Waals surface area (Å²) in [5.41, 5.74) is 2.47. The number of halogens is 1. The van der Waals surface area contributed by atoms with E-state index < -0.39 is 0 Å². The predicted molar refractivity (Wildman–Crippen MR) is 120 cm³/mol. The fourth-order valence-electron chi connectivity index (χ4n) is 5.34. The number of carbonyl (C=O) groups is 1. The van der Waals surface area contributed by atoms with Crippen LogP contribution in [0.25, 0.3) is 0 Å². The van der Waals surface area contributed by atoms with Gasteiger partial charge in [0.2, 0.25) is 5.91 Å². The molecule has 0 radical (unpaired) electrons. The molecule has 0 bridgehead atoms. The van der Waals surface area contributed by atoms with Gasteiger partial charge in [0, 0.05) is 55.0 Å². The van der Waals surface area contributed by atoms with Gasteiger partial charge in [-0.25, -0.2) is 14.4 Å². The fraction of sp³-hybridized carbons (Fsp3) is 0.560. The molecule has 6 nitrogen and oxygen atoms in total. The lowest BCUT2D eigenvalue weighted by atomic mass is 9.93. The van der Waals surface area contributed by atoms with Crippen LogP contribution >= 0.6 is 0 Å². The highest BCUT2D eigenvalue weighted by Gasteiger charge is 2.33. The second-order valence-corrected chi connectivity index (χ2v) is 9.22. The smallest absolute Gasteiger partial charge is 0.228 e. The Kier molecular flexibility index (Phi) is 6.20. The summed E-state index contributed by atoms with van der Waals surface area (Å²) in [4.78, 5) is 26.9. The Morgan fingerprint density at radius 2 is 1.94 bits per heavy atom. The summed E-state index contributed by atoms with van der Waals surface area (Å²) in [7, 11) is 0. The Morgan fingerprint density at radius 1 is 1.12 bits per heavy atom. The van der Waals surface area contributed by atoms with E-state index in [1.807, 2.05) is 6.92 Å². The molecule has 1 aromatic carbocycles. The lowest BCUT2D eigenvalue weighted by Crippen LogP contribution is -2.45. The molecule has 1 amide bonds. The van der Waals surface area contributed by atoms with Crippen molar-refractivity contribution in [3.8, 4) is 0 Å². The fourth-order valence-corrected chi connectivity index (χ4v) is 5.34. The highest BCUT2D eigenvalue weighted by Crippen LogP contribution is 2.34. The van der Waals surface area contributed by atoms with Crippen molar-refractivity contribution in [3.05, 3.63) is 52.7 Å². The summed E-state index contributed by atoms with van der Waals surface area (Å²) in [6.45, 7) is 5.96. The number of likely N-dealkylation sites (tertiary alicyclic amines) is 1.